The second-order valence-corrected chi connectivity index (χ2v) is 9.37. The van der Waals surface area contributed by atoms with Crippen molar-refractivity contribution in [2.24, 2.45) is 0 Å². The van der Waals surface area contributed by atoms with Gasteiger partial charge in [0.1, 0.15) is 11.7 Å². The number of nitrogens with zero attached hydrogens (tertiary/aromatic N) is 2. The SMILES string of the molecule is COC(=O)[C@H](CCSC)NC(=O)c1c2c(nc3ccccc13)C(=O)N(C1CCCCC1)C2. The van der Waals surface area contributed by atoms with Crippen molar-refractivity contribution in [2.45, 2.75) is 57.2 Å². The van der Waals surface area contributed by atoms with E-state index in [0.29, 0.717) is 46.4 Å². The van der Waals surface area contributed by atoms with E-state index in [0.717, 1.165) is 25.7 Å². The molecule has 32 heavy (non-hydrogen) atoms. The molecular formula is C24H29N3O4S. The lowest BCUT2D eigenvalue weighted by Gasteiger charge is -2.30. The van der Waals surface area contributed by atoms with E-state index < -0.39 is 12.0 Å². The van der Waals surface area contributed by atoms with E-state index in [2.05, 4.69) is 10.3 Å². The smallest absolute Gasteiger partial charge is 0.328 e. The van der Waals surface area contributed by atoms with E-state index >= 15 is 0 Å². The maximum atomic E-state index is 13.5. The molecule has 2 heterocycles. The second-order valence-electron chi connectivity index (χ2n) is 8.39. The predicted octanol–water partition coefficient (Wildman–Crippen LogP) is 3.55. The number of rotatable bonds is 7. The Hall–Kier alpha value is -2.61. The number of para-hydroxylation sites is 1. The molecule has 1 saturated carbocycles. The predicted molar refractivity (Wildman–Crippen MR) is 125 cm³/mol. The zero-order valence-electron chi connectivity index (χ0n) is 18.6. The number of hydrogen-bond donors (Lipinski definition) is 1. The molecule has 1 aliphatic carbocycles. The van der Waals surface area contributed by atoms with Gasteiger partial charge in [0.05, 0.1) is 18.2 Å². The molecule has 0 saturated heterocycles. The number of ether oxygens (including phenoxy) is 1. The first-order chi connectivity index (χ1) is 15.5. The Balaban J connectivity index is 1.72. The van der Waals surface area contributed by atoms with Crippen LogP contribution in [0.1, 0.15) is 64.9 Å². The number of fused-ring (bicyclic) bond motifs is 2. The molecule has 7 nitrogen and oxygen atoms in total. The Bertz CT molecular complexity index is 1040. The van der Waals surface area contributed by atoms with Crippen LogP contribution in [0.5, 0.6) is 0 Å². The number of thioether (sulfide) groups is 1. The highest BCUT2D eigenvalue weighted by Gasteiger charge is 2.38. The number of carbonyl (C=O) groups is 3. The number of esters is 1. The first kappa shape index (κ1) is 22.6. The summed E-state index contributed by atoms with van der Waals surface area (Å²) in [5, 5.41) is 3.56. The van der Waals surface area contributed by atoms with Gasteiger partial charge in [0, 0.05) is 23.5 Å². The van der Waals surface area contributed by atoms with Gasteiger partial charge in [-0.1, -0.05) is 37.5 Å². The fourth-order valence-electron chi connectivity index (χ4n) is 4.76. The zero-order valence-corrected chi connectivity index (χ0v) is 19.4. The lowest BCUT2D eigenvalue weighted by atomic mass is 9.94. The molecule has 2 amide bonds. The van der Waals surface area contributed by atoms with Crippen molar-refractivity contribution < 1.29 is 19.1 Å². The summed E-state index contributed by atoms with van der Waals surface area (Å²) in [7, 11) is 1.32. The Morgan fingerprint density at radius 1 is 1.25 bits per heavy atom. The van der Waals surface area contributed by atoms with Crippen LogP contribution in [0.3, 0.4) is 0 Å². The minimum absolute atomic E-state index is 0.0985. The standard InChI is InChI=1S/C24H29N3O4S/c1-31-24(30)19(12-13-32-2)26-22(28)20-16-10-6-7-11-18(16)25-21-17(20)14-27(23(21)29)15-8-4-3-5-9-15/h6-7,10-11,15,19H,3-5,8-9,12-14H2,1-2H3,(H,26,28)/t19-/m0/s1. The summed E-state index contributed by atoms with van der Waals surface area (Å²) in [6.45, 7) is 0.382. The quantitative estimate of drug-likeness (QED) is 0.643. The molecule has 2 aliphatic rings. The molecule has 1 aliphatic heterocycles. The van der Waals surface area contributed by atoms with Crippen LogP contribution < -0.4 is 5.32 Å². The number of aromatic nitrogens is 1. The van der Waals surface area contributed by atoms with Crippen molar-refractivity contribution in [1.82, 2.24) is 15.2 Å². The van der Waals surface area contributed by atoms with Crippen molar-refractivity contribution in [3.8, 4) is 0 Å². The average molecular weight is 456 g/mol. The van der Waals surface area contributed by atoms with Gasteiger partial charge < -0.3 is 15.0 Å². The summed E-state index contributed by atoms with van der Waals surface area (Å²) in [6.07, 6.45) is 7.82. The van der Waals surface area contributed by atoms with Crippen LogP contribution in [0.4, 0.5) is 0 Å². The van der Waals surface area contributed by atoms with Crippen LogP contribution in [0.15, 0.2) is 24.3 Å². The van der Waals surface area contributed by atoms with Gasteiger partial charge in [0.25, 0.3) is 11.8 Å². The monoisotopic (exact) mass is 455 g/mol. The number of pyridine rings is 1. The molecule has 0 spiro atoms. The summed E-state index contributed by atoms with van der Waals surface area (Å²) >= 11 is 1.60. The zero-order chi connectivity index (χ0) is 22.7. The molecule has 1 aromatic carbocycles. The minimum Gasteiger partial charge on any atom is -0.467 e. The minimum atomic E-state index is -0.742. The summed E-state index contributed by atoms with van der Waals surface area (Å²) in [5.74, 6) is -0.223. The van der Waals surface area contributed by atoms with Gasteiger partial charge in [-0.25, -0.2) is 9.78 Å². The average Bonchev–Trinajstić information content (AvgIpc) is 3.15. The van der Waals surface area contributed by atoms with Gasteiger partial charge in [-0.3, -0.25) is 9.59 Å². The lowest BCUT2D eigenvalue weighted by Crippen LogP contribution is -2.42. The molecule has 0 bridgehead atoms. The van der Waals surface area contributed by atoms with E-state index in [-0.39, 0.29) is 17.9 Å². The summed E-state index contributed by atoms with van der Waals surface area (Å²) < 4.78 is 4.90. The van der Waals surface area contributed by atoms with Gasteiger partial charge >= 0.3 is 5.97 Å². The molecule has 1 atom stereocenters. The van der Waals surface area contributed by atoms with E-state index in [1.54, 1.807) is 11.8 Å². The van der Waals surface area contributed by atoms with E-state index in [4.69, 9.17) is 4.74 Å². The van der Waals surface area contributed by atoms with Gasteiger partial charge in [-0.05, 0) is 37.3 Å². The van der Waals surface area contributed by atoms with Crippen LogP contribution in [-0.4, -0.2) is 58.9 Å². The van der Waals surface area contributed by atoms with E-state index in [1.165, 1.54) is 13.5 Å². The number of methoxy groups -OCH3 is 1. The van der Waals surface area contributed by atoms with Crippen molar-refractivity contribution in [1.29, 1.82) is 0 Å². The summed E-state index contributed by atoms with van der Waals surface area (Å²) in [6, 6.07) is 6.81. The van der Waals surface area contributed by atoms with Crippen LogP contribution in [-0.2, 0) is 16.1 Å². The molecule has 1 fully saturated rings. The fraction of sp³-hybridized carbons (Fsp3) is 0.500. The molecule has 2 aromatic rings. The third-order valence-electron chi connectivity index (χ3n) is 6.43. The topological polar surface area (TPSA) is 88.6 Å². The fourth-order valence-corrected chi connectivity index (χ4v) is 5.24. The van der Waals surface area contributed by atoms with Crippen molar-refractivity contribution in [3.63, 3.8) is 0 Å². The second kappa shape index (κ2) is 9.90. The Morgan fingerprint density at radius 3 is 2.72 bits per heavy atom. The highest BCUT2D eigenvalue weighted by Crippen LogP contribution is 2.34. The molecule has 8 heteroatoms. The molecule has 4 rings (SSSR count). The third-order valence-corrected chi connectivity index (χ3v) is 7.07. The lowest BCUT2D eigenvalue weighted by molar-refractivity contribution is -0.142. The highest BCUT2D eigenvalue weighted by atomic mass is 32.2. The van der Waals surface area contributed by atoms with Crippen LogP contribution in [0, 0.1) is 0 Å². The van der Waals surface area contributed by atoms with Crippen LogP contribution >= 0.6 is 11.8 Å². The van der Waals surface area contributed by atoms with Gasteiger partial charge in [0.2, 0.25) is 0 Å². The van der Waals surface area contributed by atoms with Crippen LogP contribution in [0.2, 0.25) is 0 Å². The first-order valence-electron chi connectivity index (χ1n) is 11.1. The highest BCUT2D eigenvalue weighted by molar-refractivity contribution is 7.98. The molecular weight excluding hydrogens is 426 g/mol. The molecule has 1 N–H and O–H groups in total. The first-order valence-corrected chi connectivity index (χ1v) is 12.5. The molecule has 0 radical (unpaired) electrons. The number of benzene rings is 1. The van der Waals surface area contributed by atoms with Crippen molar-refractivity contribution in [2.75, 3.05) is 19.1 Å². The molecule has 170 valence electrons. The molecule has 0 unspecified atom stereocenters. The van der Waals surface area contributed by atoms with E-state index in [9.17, 15) is 14.4 Å². The molecule has 1 aromatic heterocycles. The maximum absolute atomic E-state index is 13.5. The maximum Gasteiger partial charge on any atom is 0.328 e. The number of amides is 2. The van der Waals surface area contributed by atoms with Crippen LogP contribution in [0.25, 0.3) is 10.9 Å². The summed E-state index contributed by atoms with van der Waals surface area (Å²) in [4.78, 5) is 45.6. The number of nitrogens with one attached hydrogen (secondary N) is 1. The van der Waals surface area contributed by atoms with Crippen molar-refractivity contribution in [3.05, 3.63) is 41.1 Å². The van der Waals surface area contributed by atoms with Crippen molar-refractivity contribution >= 4 is 40.4 Å². The normalized spacial score (nSPS) is 17.3. The summed E-state index contributed by atoms with van der Waals surface area (Å²) in [5.41, 5.74) is 2.06. The largest absolute Gasteiger partial charge is 0.467 e. The Kier molecular flexibility index (Phi) is 6.98. The van der Waals surface area contributed by atoms with Gasteiger partial charge in [-0.2, -0.15) is 11.8 Å². The Morgan fingerprint density at radius 2 is 2.00 bits per heavy atom. The van der Waals surface area contributed by atoms with E-state index in [1.807, 2.05) is 35.4 Å². The number of carbonyl (C=O) groups excluding carboxylic acids is 3. The van der Waals surface area contributed by atoms with Gasteiger partial charge in [0.15, 0.2) is 0 Å². The Labute approximate surface area is 192 Å². The number of hydrogen-bond acceptors (Lipinski definition) is 6. The van der Waals surface area contributed by atoms with Gasteiger partial charge in [-0.15, -0.1) is 0 Å². The third kappa shape index (κ3) is 4.33.